The molecule has 0 fully saturated rings. The van der Waals surface area contributed by atoms with E-state index in [2.05, 4.69) is 6.58 Å². The Balaban J connectivity index is 2.75. The molecule has 64 valence electrons. The number of hydrogen-bond donors (Lipinski definition) is 1. The summed E-state index contributed by atoms with van der Waals surface area (Å²) in [5, 5.41) is 9.25. The van der Waals surface area contributed by atoms with E-state index in [1.165, 1.54) is 5.56 Å². The van der Waals surface area contributed by atoms with Gasteiger partial charge in [-0.3, -0.25) is 0 Å². The summed E-state index contributed by atoms with van der Waals surface area (Å²) in [4.78, 5) is 0. The van der Waals surface area contributed by atoms with Crippen molar-refractivity contribution in [1.29, 1.82) is 0 Å². The molecule has 0 aliphatic heterocycles. The fourth-order valence-electron chi connectivity index (χ4n) is 1.14. The van der Waals surface area contributed by atoms with E-state index in [9.17, 15) is 5.11 Å². The number of aryl methyl sites for hydroxylation is 2. The predicted molar refractivity (Wildman–Crippen MR) is 51.4 cm³/mol. The lowest BCUT2D eigenvalue weighted by atomic mass is 10.1. The van der Waals surface area contributed by atoms with Gasteiger partial charge in [-0.05, 0) is 37.0 Å². The second-order valence-electron chi connectivity index (χ2n) is 2.95. The second kappa shape index (κ2) is 3.96. The summed E-state index contributed by atoms with van der Waals surface area (Å²) in [6, 6.07) is 5.71. The van der Waals surface area contributed by atoms with Gasteiger partial charge in [0.1, 0.15) is 5.75 Å². The van der Waals surface area contributed by atoms with Gasteiger partial charge < -0.3 is 5.11 Å². The van der Waals surface area contributed by atoms with Gasteiger partial charge in [-0.25, -0.2) is 0 Å². The third kappa shape index (κ3) is 2.12. The highest BCUT2D eigenvalue weighted by atomic mass is 16.3. The third-order valence-corrected chi connectivity index (χ3v) is 1.90. The first kappa shape index (κ1) is 8.85. The molecule has 0 aliphatic rings. The molecule has 0 spiro atoms. The van der Waals surface area contributed by atoms with Crippen molar-refractivity contribution in [2.75, 3.05) is 0 Å². The molecule has 0 saturated carbocycles. The monoisotopic (exact) mass is 162 g/mol. The number of hydrogen-bond acceptors (Lipinski definition) is 1. The average Bonchev–Trinajstić information content (AvgIpc) is 2.07. The van der Waals surface area contributed by atoms with Crippen molar-refractivity contribution >= 4 is 0 Å². The van der Waals surface area contributed by atoms with Crippen molar-refractivity contribution in [3.8, 4) is 5.75 Å². The minimum absolute atomic E-state index is 0.373. The lowest BCUT2D eigenvalue weighted by Gasteiger charge is -2.01. The number of phenols is 1. The Morgan fingerprint density at radius 3 is 2.83 bits per heavy atom. The number of benzene rings is 1. The van der Waals surface area contributed by atoms with E-state index in [0.29, 0.717) is 5.75 Å². The van der Waals surface area contributed by atoms with Gasteiger partial charge in [0.15, 0.2) is 0 Å². The topological polar surface area (TPSA) is 20.2 Å². The molecule has 1 heteroatoms. The summed E-state index contributed by atoms with van der Waals surface area (Å²) in [7, 11) is 0. The minimum atomic E-state index is 0.373. The van der Waals surface area contributed by atoms with E-state index < -0.39 is 0 Å². The van der Waals surface area contributed by atoms with Gasteiger partial charge in [-0.15, -0.1) is 6.58 Å². The molecule has 1 nitrogen and oxygen atoms in total. The van der Waals surface area contributed by atoms with Crippen LogP contribution in [0.25, 0.3) is 0 Å². The van der Waals surface area contributed by atoms with Gasteiger partial charge in [-0.2, -0.15) is 0 Å². The summed E-state index contributed by atoms with van der Waals surface area (Å²) in [6.07, 6.45) is 3.90. The van der Waals surface area contributed by atoms with Crippen LogP contribution in [0.3, 0.4) is 0 Å². The molecule has 12 heavy (non-hydrogen) atoms. The molecule has 0 aliphatic carbocycles. The molecule has 0 heterocycles. The fourth-order valence-corrected chi connectivity index (χ4v) is 1.14. The van der Waals surface area contributed by atoms with Crippen molar-refractivity contribution in [3.05, 3.63) is 42.0 Å². The van der Waals surface area contributed by atoms with Crippen LogP contribution in [0.4, 0.5) is 0 Å². The Bertz CT molecular complexity index is 276. The van der Waals surface area contributed by atoms with E-state index in [4.69, 9.17) is 0 Å². The first-order valence-corrected chi connectivity index (χ1v) is 4.13. The number of phenolic OH excluding ortho intramolecular Hbond substituents is 1. The van der Waals surface area contributed by atoms with E-state index in [0.717, 1.165) is 18.4 Å². The Morgan fingerprint density at radius 1 is 1.50 bits per heavy atom. The maximum absolute atomic E-state index is 9.25. The van der Waals surface area contributed by atoms with Crippen molar-refractivity contribution in [2.24, 2.45) is 0 Å². The largest absolute Gasteiger partial charge is 0.508 e. The maximum atomic E-state index is 9.25. The van der Waals surface area contributed by atoms with Crippen LogP contribution in [-0.4, -0.2) is 5.11 Å². The number of rotatable bonds is 3. The van der Waals surface area contributed by atoms with Crippen molar-refractivity contribution < 1.29 is 5.11 Å². The molecule has 0 aromatic heterocycles. The zero-order valence-electron chi connectivity index (χ0n) is 7.38. The molecule has 0 unspecified atom stereocenters. The Hall–Kier alpha value is -1.24. The lowest BCUT2D eigenvalue weighted by molar-refractivity contribution is 0.471. The van der Waals surface area contributed by atoms with Crippen LogP contribution >= 0.6 is 0 Å². The minimum Gasteiger partial charge on any atom is -0.508 e. The van der Waals surface area contributed by atoms with E-state index in [1.54, 1.807) is 6.07 Å². The van der Waals surface area contributed by atoms with Crippen molar-refractivity contribution in [2.45, 2.75) is 19.8 Å². The zero-order valence-corrected chi connectivity index (χ0v) is 7.38. The molecule has 0 atom stereocenters. The van der Waals surface area contributed by atoms with Crippen LogP contribution in [0.2, 0.25) is 0 Å². The average molecular weight is 162 g/mol. The molecule has 0 saturated heterocycles. The standard InChI is InChI=1S/C11H14O/c1-3-4-5-10-6-7-11(12)9(2)8-10/h3,6-8,12H,1,4-5H2,2H3. The first-order valence-electron chi connectivity index (χ1n) is 4.13. The maximum Gasteiger partial charge on any atom is 0.118 e. The summed E-state index contributed by atoms with van der Waals surface area (Å²) in [6.45, 7) is 5.58. The van der Waals surface area contributed by atoms with Crippen LogP contribution in [0.1, 0.15) is 17.5 Å². The highest BCUT2D eigenvalue weighted by Gasteiger charge is 1.96. The van der Waals surface area contributed by atoms with Crippen molar-refractivity contribution in [3.63, 3.8) is 0 Å². The predicted octanol–water partition coefficient (Wildman–Crippen LogP) is 2.82. The van der Waals surface area contributed by atoms with Gasteiger partial charge in [-0.1, -0.05) is 18.2 Å². The van der Waals surface area contributed by atoms with Gasteiger partial charge >= 0.3 is 0 Å². The molecule has 0 bridgehead atoms. The Kier molecular flexibility index (Phi) is 2.92. The quantitative estimate of drug-likeness (QED) is 0.677. The Labute approximate surface area is 73.4 Å². The number of allylic oxidation sites excluding steroid dienone is 1. The molecule has 1 aromatic carbocycles. The molecule has 0 radical (unpaired) electrons. The fraction of sp³-hybridized carbons (Fsp3) is 0.273. The van der Waals surface area contributed by atoms with Gasteiger partial charge in [0.05, 0.1) is 0 Å². The van der Waals surface area contributed by atoms with E-state index in [1.807, 2.05) is 25.1 Å². The molecular formula is C11H14O. The summed E-state index contributed by atoms with van der Waals surface area (Å²) in [5.74, 6) is 0.373. The van der Waals surface area contributed by atoms with Gasteiger partial charge in [0, 0.05) is 0 Å². The number of aromatic hydroxyl groups is 1. The SMILES string of the molecule is C=CCCc1ccc(O)c(C)c1. The molecular weight excluding hydrogens is 148 g/mol. The van der Waals surface area contributed by atoms with Crippen LogP contribution in [0.15, 0.2) is 30.9 Å². The molecule has 1 N–H and O–H groups in total. The van der Waals surface area contributed by atoms with E-state index >= 15 is 0 Å². The highest BCUT2D eigenvalue weighted by molar-refractivity contribution is 5.34. The molecule has 0 amide bonds. The van der Waals surface area contributed by atoms with Crippen LogP contribution in [0.5, 0.6) is 5.75 Å². The second-order valence-corrected chi connectivity index (χ2v) is 2.95. The normalized spacial score (nSPS) is 9.75. The third-order valence-electron chi connectivity index (χ3n) is 1.90. The summed E-state index contributed by atoms with van der Waals surface area (Å²) >= 11 is 0. The zero-order chi connectivity index (χ0) is 8.97. The van der Waals surface area contributed by atoms with Crippen molar-refractivity contribution in [1.82, 2.24) is 0 Å². The molecule has 1 aromatic rings. The summed E-state index contributed by atoms with van der Waals surface area (Å²) < 4.78 is 0. The smallest absolute Gasteiger partial charge is 0.118 e. The highest BCUT2D eigenvalue weighted by Crippen LogP contribution is 2.17. The lowest BCUT2D eigenvalue weighted by Crippen LogP contribution is -1.84. The van der Waals surface area contributed by atoms with Gasteiger partial charge in [0.2, 0.25) is 0 Å². The van der Waals surface area contributed by atoms with Crippen LogP contribution < -0.4 is 0 Å². The first-order chi connectivity index (χ1) is 5.74. The van der Waals surface area contributed by atoms with E-state index in [-0.39, 0.29) is 0 Å². The van der Waals surface area contributed by atoms with Crippen LogP contribution in [0, 0.1) is 6.92 Å². The van der Waals surface area contributed by atoms with Gasteiger partial charge in [0.25, 0.3) is 0 Å². The molecule has 1 rings (SSSR count). The Morgan fingerprint density at radius 2 is 2.25 bits per heavy atom. The summed E-state index contributed by atoms with van der Waals surface area (Å²) in [5.41, 5.74) is 2.20. The van der Waals surface area contributed by atoms with Crippen LogP contribution in [-0.2, 0) is 6.42 Å².